The van der Waals surface area contributed by atoms with Crippen LogP contribution >= 0.6 is 0 Å². The van der Waals surface area contributed by atoms with Crippen molar-refractivity contribution in [3.63, 3.8) is 0 Å². The van der Waals surface area contributed by atoms with Gasteiger partial charge in [0.1, 0.15) is 0 Å². The summed E-state index contributed by atoms with van der Waals surface area (Å²) >= 11 is 0. The topological polar surface area (TPSA) is 41.1 Å². The Balaban J connectivity index is 1.42. The van der Waals surface area contributed by atoms with Crippen molar-refractivity contribution in [2.45, 2.75) is 25.8 Å². The third kappa shape index (κ3) is 3.52. The van der Waals surface area contributed by atoms with Gasteiger partial charge in [-0.3, -0.25) is 4.98 Å². The molecule has 0 atom stereocenters. The van der Waals surface area contributed by atoms with Crippen molar-refractivity contribution in [3.8, 4) is 0 Å². The highest BCUT2D eigenvalue weighted by atomic mass is 15.1. The minimum Gasteiger partial charge on any atom is -0.311 e. The van der Waals surface area contributed by atoms with Gasteiger partial charge in [0.05, 0.1) is 22.9 Å². The van der Waals surface area contributed by atoms with E-state index in [4.69, 9.17) is 0 Å². The molecule has 0 aliphatic carbocycles. The Morgan fingerprint density at radius 1 is 1.10 bits per heavy atom. The summed E-state index contributed by atoms with van der Waals surface area (Å²) in [5.74, 6) is 0. The van der Waals surface area contributed by atoms with Crippen molar-refractivity contribution in [3.05, 3.63) is 36.2 Å². The van der Waals surface area contributed by atoms with Crippen molar-refractivity contribution in [2.75, 3.05) is 26.2 Å². The van der Waals surface area contributed by atoms with Gasteiger partial charge in [-0.1, -0.05) is 12.1 Å². The molecule has 3 rings (SSSR count). The Bertz CT molecular complexity index is 549. The fourth-order valence-corrected chi connectivity index (χ4v) is 2.73. The number of fused-ring (bicyclic) bond motifs is 1. The van der Waals surface area contributed by atoms with Gasteiger partial charge in [0.15, 0.2) is 0 Å². The lowest BCUT2D eigenvalue weighted by Crippen LogP contribution is -2.24. The number of nitrogens with one attached hydrogen (secondary N) is 1. The first-order chi connectivity index (χ1) is 9.92. The smallest absolute Gasteiger partial charge is 0.0890 e. The second-order valence-electron chi connectivity index (χ2n) is 5.43. The molecule has 0 bridgehead atoms. The predicted octanol–water partition coefficient (Wildman–Crippen LogP) is 2.21. The molecule has 1 aromatic heterocycles. The van der Waals surface area contributed by atoms with Crippen LogP contribution in [0, 0.1) is 0 Å². The summed E-state index contributed by atoms with van der Waals surface area (Å²) in [5.41, 5.74) is 2.96. The first kappa shape index (κ1) is 13.5. The van der Waals surface area contributed by atoms with Crippen LogP contribution in [0.2, 0.25) is 0 Å². The van der Waals surface area contributed by atoms with E-state index in [2.05, 4.69) is 20.2 Å². The molecule has 1 N–H and O–H groups in total. The van der Waals surface area contributed by atoms with Gasteiger partial charge in [0.25, 0.3) is 0 Å². The minimum atomic E-state index is 0.803. The molecule has 0 radical (unpaired) electrons. The predicted molar refractivity (Wildman–Crippen MR) is 81.5 cm³/mol. The largest absolute Gasteiger partial charge is 0.311 e. The lowest BCUT2D eigenvalue weighted by molar-refractivity contribution is 0.331. The summed E-state index contributed by atoms with van der Waals surface area (Å²) in [7, 11) is 0. The summed E-state index contributed by atoms with van der Waals surface area (Å²) in [6.07, 6.45) is 5.83. The molecule has 1 saturated heterocycles. The van der Waals surface area contributed by atoms with Crippen molar-refractivity contribution >= 4 is 11.0 Å². The molecular formula is C16H22N4. The first-order valence-corrected chi connectivity index (χ1v) is 7.55. The van der Waals surface area contributed by atoms with Gasteiger partial charge in [-0.15, -0.1) is 0 Å². The first-order valence-electron chi connectivity index (χ1n) is 7.55. The van der Waals surface area contributed by atoms with Gasteiger partial charge in [0, 0.05) is 6.54 Å². The molecular weight excluding hydrogens is 248 g/mol. The second kappa shape index (κ2) is 6.77. The number of benzene rings is 1. The molecule has 0 saturated carbocycles. The van der Waals surface area contributed by atoms with E-state index in [1.54, 1.807) is 0 Å². The van der Waals surface area contributed by atoms with Gasteiger partial charge in [-0.05, 0) is 57.6 Å². The maximum absolute atomic E-state index is 4.61. The quantitative estimate of drug-likeness (QED) is 0.817. The number of likely N-dealkylation sites (tertiary alicyclic amines) is 1. The zero-order valence-electron chi connectivity index (χ0n) is 11.9. The Morgan fingerprint density at radius 2 is 1.90 bits per heavy atom. The Kier molecular flexibility index (Phi) is 4.56. The van der Waals surface area contributed by atoms with Crippen molar-refractivity contribution in [2.24, 2.45) is 0 Å². The molecule has 0 unspecified atom stereocenters. The van der Waals surface area contributed by atoms with Crippen LogP contribution in [-0.2, 0) is 6.54 Å². The second-order valence-corrected chi connectivity index (χ2v) is 5.43. The van der Waals surface area contributed by atoms with E-state index in [0.29, 0.717) is 0 Å². The summed E-state index contributed by atoms with van der Waals surface area (Å²) in [4.78, 5) is 11.6. The zero-order valence-corrected chi connectivity index (χ0v) is 11.9. The standard InChI is InChI=1S/C16H22N4/c1-2-7-16-15(6-1)18-13-14(19-16)12-17-8-5-11-20-9-3-4-10-20/h1-2,6-7,13,17H,3-5,8-12H2. The molecule has 4 heteroatoms. The SMILES string of the molecule is c1ccc2nc(CNCCCN3CCCC3)cnc2c1. The van der Waals surface area contributed by atoms with Gasteiger partial charge in [-0.2, -0.15) is 0 Å². The normalized spacial score (nSPS) is 16.0. The lowest BCUT2D eigenvalue weighted by Gasteiger charge is -2.14. The van der Waals surface area contributed by atoms with Crippen LogP contribution in [0.4, 0.5) is 0 Å². The number of para-hydroxylation sites is 2. The number of aromatic nitrogens is 2. The van der Waals surface area contributed by atoms with E-state index >= 15 is 0 Å². The highest BCUT2D eigenvalue weighted by Crippen LogP contribution is 2.08. The van der Waals surface area contributed by atoms with Crippen LogP contribution in [0.1, 0.15) is 25.0 Å². The molecule has 1 fully saturated rings. The van der Waals surface area contributed by atoms with Crippen LogP contribution < -0.4 is 5.32 Å². The summed E-state index contributed by atoms with van der Waals surface area (Å²) in [5, 5.41) is 3.46. The maximum atomic E-state index is 4.61. The van der Waals surface area contributed by atoms with Crippen LogP contribution in [0.3, 0.4) is 0 Å². The van der Waals surface area contributed by atoms with Crippen molar-refractivity contribution in [1.29, 1.82) is 0 Å². The average Bonchev–Trinajstić information content (AvgIpc) is 3.00. The third-order valence-electron chi connectivity index (χ3n) is 3.83. The molecule has 20 heavy (non-hydrogen) atoms. The highest BCUT2D eigenvalue weighted by Gasteiger charge is 2.09. The van der Waals surface area contributed by atoms with Crippen LogP contribution in [0.5, 0.6) is 0 Å². The molecule has 1 aliphatic rings. The van der Waals surface area contributed by atoms with Crippen LogP contribution in [0.15, 0.2) is 30.5 Å². The van der Waals surface area contributed by atoms with Crippen molar-refractivity contribution in [1.82, 2.24) is 20.2 Å². The van der Waals surface area contributed by atoms with Crippen LogP contribution in [-0.4, -0.2) is 41.0 Å². The van der Waals surface area contributed by atoms with Crippen molar-refractivity contribution < 1.29 is 0 Å². The van der Waals surface area contributed by atoms with E-state index in [9.17, 15) is 0 Å². The Morgan fingerprint density at radius 3 is 2.75 bits per heavy atom. The molecule has 0 spiro atoms. The molecule has 2 heterocycles. The van der Waals surface area contributed by atoms with E-state index in [0.717, 1.165) is 29.8 Å². The number of nitrogens with zero attached hydrogens (tertiary/aromatic N) is 3. The Labute approximate surface area is 120 Å². The van der Waals surface area contributed by atoms with E-state index in [1.165, 1.54) is 38.9 Å². The number of hydrogen-bond donors (Lipinski definition) is 1. The number of hydrogen-bond acceptors (Lipinski definition) is 4. The fraction of sp³-hybridized carbons (Fsp3) is 0.500. The number of rotatable bonds is 6. The lowest BCUT2D eigenvalue weighted by atomic mass is 10.3. The maximum Gasteiger partial charge on any atom is 0.0890 e. The van der Waals surface area contributed by atoms with Crippen LogP contribution in [0.25, 0.3) is 11.0 Å². The fourth-order valence-electron chi connectivity index (χ4n) is 2.73. The third-order valence-corrected chi connectivity index (χ3v) is 3.83. The van der Waals surface area contributed by atoms with Gasteiger partial charge < -0.3 is 10.2 Å². The van der Waals surface area contributed by atoms with E-state index in [1.807, 2.05) is 30.5 Å². The zero-order chi connectivity index (χ0) is 13.6. The van der Waals surface area contributed by atoms with E-state index in [-0.39, 0.29) is 0 Å². The molecule has 2 aromatic rings. The van der Waals surface area contributed by atoms with E-state index < -0.39 is 0 Å². The average molecular weight is 270 g/mol. The summed E-state index contributed by atoms with van der Waals surface area (Å²) < 4.78 is 0. The monoisotopic (exact) mass is 270 g/mol. The molecule has 106 valence electrons. The van der Waals surface area contributed by atoms with Gasteiger partial charge in [0.2, 0.25) is 0 Å². The molecule has 1 aliphatic heterocycles. The summed E-state index contributed by atoms with van der Waals surface area (Å²) in [6, 6.07) is 8.01. The van der Waals surface area contributed by atoms with Gasteiger partial charge in [-0.25, -0.2) is 4.98 Å². The highest BCUT2D eigenvalue weighted by molar-refractivity contribution is 5.73. The Hall–Kier alpha value is -1.52. The molecule has 4 nitrogen and oxygen atoms in total. The van der Waals surface area contributed by atoms with Gasteiger partial charge >= 0.3 is 0 Å². The molecule has 1 aromatic carbocycles. The summed E-state index contributed by atoms with van der Waals surface area (Å²) in [6.45, 7) is 5.64. The minimum absolute atomic E-state index is 0.803. The molecule has 0 amide bonds.